The first-order valence-electron chi connectivity index (χ1n) is 6.41. The predicted octanol–water partition coefficient (Wildman–Crippen LogP) is 2.51. The second-order valence-corrected chi connectivity index (χ2v) is 4.72. The lowest BCUT2D eigenvalue weighted by Crippen LogP contribution is -2.31. The molecule has 19 heavy (non-hydrogen) atoms. The molecule has 1 aromatic rings. The van der Waals surface area contributed by atoms with Crippen molar-refractivity contribution in [1.29, 1.82) is 0 Å². The smallest absolute Gasteiger partial charge is 0.253 e. The summed E-state index contributed by atoms with van der Waals surface area (Å²) in [5.74, 6) is -0.00333. The minimum atomic E-state index is -0.00333. The highest BCUT2D eigenvalue weighted by molar-refractivity contribution is 6.11. The molecule has 2 N–H and O–H groups in total. The molecule has 0 aromatic carbocycles. The quantitative estimate of drug-likeness (QED) is 0.803. The van der Waals surface area contributed by atoms with Crippen molar-refractivity contribution in [3.05, 3.63) is 46.9 Å². The lowest BCUT2D eigenvalue weighted by atomic mass is 10.0. The predicted molar refractivity (Wildman–Crippen MR) is 77.7 cm³/mol. The molecule has 0 spiro atoms. The number of aromatic amines is 1. The van der Waals surface area contributed by atoms with Gasteiger partial charge in [0.1, 0.15) is 0 Å². The van der Waals surface area contributed by atoms with E-state index in [2.05, 4.69) is 21.9 Å². The molecule has 4 heteroatoms. The van der Waals surface area contributed by atoms with Crippen molar-refractivity contribution >= 4 is 11.6 Å². The molecule has 2 rings (SSSR count). The first-order chi connectivity index (χ1) is 9.04. The van der Waals surface area contributed by atoms with E-state index >= 15 is 0 Å². The molecular weight excluding hydrogens is 238 g/mol. The maximum atomic E-state index is 11.9. The summed E-state index contributed by atoms with van der Waals surface area (Å²) in [5, 5.41) is 2.87. The Balaban J connectivity index is 2.56. The van der Waals surface area contributed by atoms with Crippen LogP contribution in [0.15, 0.2) is 29.4 Å². The Kier molecular flexibility index (Phi) is 3.69. The summed E-state index contributed by atoms with van der Waals surface area (Å²) in [6, 6.07) is 0. The number of nitrogens with one attached hydrogen (secondary N) is 2. The fraction of sp³-hybridized carbons (Fsp3) is 0.333. The van der Waals surface area contributed by atoms with Crippen LogP contribution in [0.3, 0.4) is 0 Å². The summed E-state index contributed by atoms with van der Waals surface area (Å²) < 4.78 is 0. The summed E-state index contributed by atoms with van der Waals surface area (Å²) in [6.07, 6.45) is 4.69. The molecule has 1 aliphatic heterocycles. The first-order valence-corrected chi connectivity index (χ1v) is 6.41. The third-order valence-corrected chi connectivity index (χ3v) is 3.11. The van der Waals surface area contributed by atoms with Gasteiger partial charge >= 0.3 is 0 Å². The van der Waals surface area contributed by atoms with Crippen LogP contribution < -0.4 is 5.32 Å². The standard InChI is InChI=1S/C15H19N3O/c1-5-6-12(17-9(2)3)14-10(4)13-11(18-14)7-8-16-15(13)19/h5-6,18H,2,7-8H2,1,3-4H3,(H,16,19)/b6-5-,17-12?. The minimum Gasteiger partial charge on any atom is -0.356 e. The molecule has 4 nitrogen and oxygen atoms in total. The molecule has 1 amide bonds. The highest BCUT2D eigenvalue weighted by atomic mass is 16.1. The Morgan fingerprint density at radius 3 is 2.79 bits per heavy atom. The monoisotopic (exact) mass is 257 g/mol. The van der Waals surface area contributed by atoms with Gasteiger partial charge in [0.05, 0.1) is 17.0 Å². The number of H-pyrrole nitrogens is 1. The number of hydrogen-bond acceptors (Lipinski definition) is 2. The second kappa shape index (κ2) is 5.26. The molecule has 0 unspecified atom stereocenters. The van der Waals surface area contributed by atoms with E-state index in [-0.39, 0.29) is 5.91 Å². The number of amides is 1. The van der Waals surface area contributed by atoms with E-state index in [0.717, 1.165) is 40.3 Å². The SMILES string of the molecule is C=C(C)N=C(/C=C\C)c1[nH]c2c(c1C)C(=O)NCC2. The highest BCUT2D eigenvalue weighted by Crippen LogP contribution is 2.22. The first kappa shape index (κ1) is 13.3. The fourth-order valence-electron chi connectivity index (χ4n) is 2.34. The Morgan fingerprint density at radius 1 is 1.47 bits per heavy atom. The van der Waals surface area contributed by atoms with Gasteiger partial charge in [-0.15, -0.1) is 0 Å². The molecule has 1 aliphatic rings. The third kappa shape index (κ3) is 2.52. The molecule has 0 radical (unpaired) electrons. The van der Waals surface area contributed by atoms with Crippen molar-refractivity contribution in [3.8, 4) is 0 Å². The number of nitrogens with zero attached hydrogens (tertiary/aromatic N) is 1. The van der Waals surface area contributed by atoms with Gasteiger partial charge in [-0.25, -0.2) is 0 Å². The van der Waals surface area contributed by atoms with Crippen LogP contribution in [-0.4, -0.2) is 23.1 Å². The number of rotatable bonds is 3. The van der Waals surface area contributed by atoms with Crippen molar-refractivity contribution in [1.82, 2.24) is 10.3 Å². The van der Waals surface area contributed by atoms with E-state index in [1.807, 2.05) is 32.9 Å². The fourth-order valence-corrected chi connectivity index (χ4v) is 2.34. The van der Waals surface area contributed by atoms with Crippen LogP contribution in [0.2, 0.25) is 0 Å². The van der Waals surface area contributed by atoms with Crippen LogP contribution in [0.1, 0.15) is 41.2 Å². The van der Waals surface area contributed by atoms with Crippen molar-refractivity contribution in [2.24, 2.45) is 4.99 Å². The maximum Gasteiger partial charge on any atom is 0.253 e. The van der Waals surface area contributed by atoms with Crippen molar-refractivity contribution in [2.75, 3.05) is 6.54 Å². The van der Waals surface area contributed by atoms with Crippen LogP contribution in [0.5, 0.6) is 0 Å². The van der Waals surface area contributed by atoms with Gasteiger partial charge in [-0.1, -0.05) is 12.7 Å². The maximum absolute atomic E-state index is 11.9. The Labute approximate surface area is 113 Å². The normalized spacial score (nSPS) is 15.5. The summed E-state index contributed by atoms with van der Waals surface area (Å²) in [4.78, 5) is 19.7. The topological polar surface area (TPSA) is 57.2 Å². The number of allylic oxidation sites excluding steroid dienone is 3. The summed E-state index contributed by atoms with van der Waals surface area (Å²) in [7, 11) is 0. The van der Waals surface area contributed by atoms with E-state index in [1.54, 1.807) is 0 Å². The van der Waals surface area contributed by atoms with Gasteiger partial charge in [0.15, 0.2) is 0 Å². The third-order valence-electron chi connectivity index (χ3n) is 3.11. The average Bonchev–Trinajstić information content (AvgIpc) is 2.67. The Hall–Kier alpha value is -2.10. The number of carbonyl (C=O) groups excluding carboxylic acids is 1. The molecule has 0 saturated carbocycles. The minimum absolute atomic E-state index is 0.00333. The molecular formula is C15H19N3O. The van der Waals surface area contributed by atoms with Crippen molar-refractivity contribution in [3.63, 3.8) is 0 Å². The molecule has 1 aromatic heterocycles. The van der Waals surface area contributed by atoms with Gasteiger partial charge < -0.3 is 10.3 Å². The zero-order chi connectivity index (χ0) is 14.0. The number of fused-ring (bicyclic) bond motifs is 1. The second-order valence-electron chi connectivity index (χ2n) is 4.72. The van der Waals surface area contributed by atoms with E-state index in [1.165, 1.54) is 0 Å². The van der Waals surface area contributed by atoms with E-state index in [4.69, 9.17) is 0 Å². The van der Waals surface area contributed by atoms with Gasteiger partial charge in [-0.2, -0.15) is 0 Å². The summed E-state index contributed by atoms with van der Waals surface area (Å²) >= 11 is 0. The summed E-state index contributed by atoms with van der Waals surface area (Å²) in [6.45, 7) is 10.2. The number of hydrogen-bond donors (Lipinski definition) is 2. The van der Waals surface area contributed by atoms with Crippen LogP contribution in [0, 0.1) is 6.92 Å². The zero-order valence-corrected chi connectivity index (χ0v) is 11.6. The summed E-state index contributed by atoms with van der Waals surface area (Å²) in [5.41, 5.74) is 5.17. The highest BCUT2D eigenvalue weighted by Gasteiger charge is 2.24. The zero-order valence-electron chi connectivity index (χ0n) is 11.6. The largest absolute Gasteiger partial charge is 0.356 e. The van der Waals surface area contributed by atoms with Crippen molar-refractivity contribution < 1.29 is 4.79 Å². The van der Waals surface area contributed by atoms with Gasteiger partial charge in [0.25, 0.3) is 5.91 Å². The van der Waals surface area contributed by atoms with E-state index in [0.29, 0.717) is 6.54 Å². The Morgan fingerprint density at radius 2 is 2.21 bits per heavy atom. The number of aliphatic imine (C=N–C) groups is 1. The van der Waals surface area contributed by atoms with E-state index in [9.17, 15) is 4.79 Å². The van der Waals surface area contributed by atoms with Crippen LogP contribution in [-0.2, 0) is 6.42 Å². The van der Waals surface area contributed by atoms with Gasteiger partial charge in [0, 0.05) is 24.4 Å². The molecule has 0 saturated heterocycles. The number of aromatic nitrogens is 1. The molecule has 0 aliphatic carbocycles. The lowest BCUT2D eigenvalue weighted by molar-refractivity contribution is 0.0945. The lowest BCUT2D eigenvalue weighted by Gasteiger charge is -2.12. The molecule has 0 atom stereocenters. The average molecular weight is 257 g/mol. The van der Waals surface area contributed by atoms with Crippen molar-refractivity contribution in [2.45, 2.75) is 27.2 Å². The van der Waals surface area contributed by atoms with Gasteiger partial charge in [-0.05, 0) is 32.4 Å². The van der Waals surface area contributed by atoms with Crippen LogP contribution in [0.4, 0.5) is 0 Å². The van der Waals surface area contributed by atoms with E-state index < -0.39 is 0 Å². The molecule has 0 bridgehead atoms. The van der Waals surface area contributed by atoms with Gasteiger partial charge in [-0.3, -0.25) is 9.79 Å². The number of carbonyl (C=O) groups is 1. The molecule has 2 heterocycles. The van der Waals surface area contributed by atoms with Crippen LogP contribution in [0.25, 0.3) is 0 Å². The Bertz CT molecular complexity index is 591. The molecule has 100 valence electrons. The van der Waals surface area contributed by atoms with Gasteiger partial charge in [0.2, 0.25) is 0 Å². The van der Waals surface area contributed by atoms with Crippen LogP contribution >= 0.6 is 0 Å². The molecule has 0 fully saturated rings.